The highest BCUT2D eigenvalue weighted by Crippen LogP contribution is 2.18. The second-order valence-electron chi connectivity index (χ2n) is 3.68. The molecule has 1 rings (SSSR count). The first-order valence-electron chi connectivity index (χ1n) is 5.10. The van der Waals surface area contributed by atoms with Crippen LogP contribution in [0.15, 0.2) is 24.5 Å². The van der Waals surface area contributed by atoms with Gasteiger partial charge in [0.2, 0.25) is 0 Å². The standard InChI is InChI=1S/C11H18N2O2/c1-9(7-14)13(10(2)8-15)11-3-5-12-6-4-11/h3-6,9-10,14-15H,7-8H2,1-2H3. The number of aliphatic hydroxyl groups excluding tert-OH is 2. The van der Waals surface area contributed by atoms with Crippen molar-refractivity contribution in [3.05, 3.63) is 24.5 Å². The van der Waals surface area contributed by atoms with Crippen LogP contribution in [-0.2, 0) is 0 Å². The maximum atomic E-state index is 9.17. The van der Waals surface area contributed by atoms with Gasteiger partial charge in [-0.1, -0.05) is 0 Å². The van der Waals surface area contributed by atoms with Crippen LogP contribution in [0.3, 0.4) is 0 Å². The topological polar surface area (TPSA) is 56.6 Å². The number of nitrogens with zero attached hydrogens (tertiary/aromatic N) is 2. The van der Waals surface area contributed by atoms with Crippen molar-refractivity contribution < 1.29 is 10.2 Å². The van der Waals surface area contributed by atoms with Gasteiger partial charge in [-0.25, -0.2) is 0 Å². The highest BCUT2D eigenvalue weighted by molar-refractivity contribution is 5.46. The van der Waals surface area contributed by atoms with Crippen LogP contribution in [0.25, 0.3) is 0 Å². The highest BCUT2D eigenvalue weighted by Gasteiger charge is 2.19. The van der Waals surface area contributed by atoms with Crippen molar-refractivity contribution in [2.75, 3.05) is 18.1 Å². The third-order valence-corrected chi connectivity index (χ3v) is 2.44. The monoisotopic (exact) mass is 210 g/mol. The molecule has 1 aromatic heterocycles. The Morgan fingerprint density at radius 3 is 2.00 bits per heavy atom. The number of hydrogen-bond donors (Lipinski definition) is 2. The third-order valence-electron chi connectivity index (χ3n) is 2.44. The summed E-state index contributed by atoms with van der Waals surface area (Å²) in [6.07, 6.45) is 3.41. The largest absolute Gasteiger partial charge is 0.394 e. The third kappa shape index (κ3) is 2.91. The van der Waals surface area contributed by atoms with Crippen molar-refractivity contribution in [2.24, 2.45) is 0 Å². The normalized spacial score (nSPS) is 14.7. The zero-order valence-electron chi connectivity index (χ0n) is 9.17. The second-order valence-corrected chi connectivity index (χ2v) is 3.68. The molecule has 2 atom stereocenters. The molecule has 0 spiro atoms. The number of pyridine rings is 1. The fourth-order valence-electron chi connectivity index (χ4n) is 1.64. The average molecular weight is 210 g/mol. The predicted octanol–water partition coefficient (Wildman–Crippen LogP) is 0.650. The maximum Gasteiger partial charge on any atom is 0.0632 e. The summed E-state index contributed by atoms with van der Waals surface area (Å²) >= 11 is 0. The number of anilines is 1. The smallest absolute Gasteiger partial charge is 0.0632 e. The highest BCUT2D eigenvalue weighted by atomic mass is 16.3. The number of hydrogen-bond acceptors (Lipinski definition) is 4. The Balaban J connectivity index is 2.91. The summed E-state index contributed by atoms with van der Waals surface area (Å²) in [5.41, 5.74) is 0.966. The van der Waals surface area contributed by atoms with Gasteiger partial charge in [-0.3, -0.25) is 4.98 Å². The van der Waals surface area contributed by atoms with Crippen LogP contribution >= 0.6 is 0 Å². The van der Waals surface area contributed by atoms with Crippen LogP contribution in [0.4, 0.5) is 5.69 Å². The lowest BCUT2D eigenvalue weighted by atomic mass is 10.2. The molecule has 0 radical (unpaired) electrons. The van der Waals surface area contributed by atoms with E-state index in [0.29, 0.717) is 0 Å². The van der Waals surface area contributed by atoms with Crippen molar-refractivity contribution in [1.82, 2.24) is 4.98 Å². The van der Waals surface area contributed by atoms with Crippen LogP contribution in [0.5, 0.6) is 0 Å². The van der Waals surface area contributed by atoms with Gasteiger partial charge in [0.05, 0.1) is 13.2 Å². The summed E-state index contributed by atoms with van der Waals surface area (Å²) in [7, 11) is 0. The van der Waals surface area contributed by atoms with E-state index in [1.807, 2.05) is 30.9 Å². The van der Waals surface area contributed by atoms with E-state index in [4.69, 9.17) is 0 Å². The first-order valence-corrected chi connectivity index (χ1v) is 5.10. The molecule has 2 unspecified atom stereocenters. The van der Waals surface area contributed by atoms with Crippen LogP contribution < -0.4 is 4.90 Å². The van der Waals surface area contributed by atoms with Crippen molar-refractivity contribution in [3.63, 3.8) is 0 Å². The molecule has 0 aliphatic carbocycles. The summed E-state index contributed by atoms with van der Waals surface area (Å²) in [4.78, 5) is 5.93. The van der Waals surface area contributed by atoms with Gasteiger partial charge in [-0.2, -0.15) is 0 Å². The van der Waals surface area contributed by atoms with Gasteiger partial charge < -0.3 is 15.1 Å². The lowest BCUT2D eigenvalue weighted by Crippen LogP contribution is -2.44. The molecule has 1 heterocycles. The van der Waals surface area contributed by atoms with E-state index in [1.54, 1.807) is 12.4 Å². The summed E-state index contributed by atoms with van der Waals surface area (Å²) < 4.78 is 0. The molecule has 2 N–H and O–H groups in total. The zero-order chi connectivity index (χ0) is 11.3. The Morgan fingerprint density at radius 1 is 1.13 bits per heavy atom. The molecule has 0 fully saturated rings. The molecule has 15 heavy (non-hydrogen) atoms. The van der Waals surface area contributed by atoms with E-state index in [1.165, 1.54) is 0 Å². The van der Waals surface area contributed by atoms with E-state index >= 15 is 0 Å². The first kappa shape index (κ1) is 11.9. The van der Waals surface area contributed by atoms with E-state index in [-0.39, 0.29) is 25.3 Å². The SMILES string of the molecule is CC(CO)N(c1ccncc1)C(C)CO. The van der Waals surface area contributed by atoms with Gasteiger partial charge in [-0.05, 0) is 26.0 Å². The Labute approximate surface area is 90.2 Å². The van der Waals surface area contributed by atoms with E-state index in [9.17, 15) is 10.2 Å². The summed E-state index contributed by atoms with van der Waals surface area (Å²) in [6.45, 7) is 3.97. The lowest BCUT2D eigenvalue weighted by molar-refractivity contribution is 0.230. The van der Waals surface area contributed by atoms with Gasteiger partial charge in [0, 0.05) is 30.2 Å². The van der Waals surface area contributed by atoms with Crippen molar-refractivity contribution in [1.29, 1.82) is 0 Å². The van der Waals surface area contributed by atoms with Crippen molar-refractivity contribution in [2.45, 2.75) is 25.9 Å². The minimum absolute atomic E-state index is 0.0189. The molecule has 84 valence electrons. The van der Waals surface area contributed by atoms with Gasteiger partial charge in [0.1, 0.15) is 0 Å². The number of aromatic nitrogens is 1. The van der Waals surface area contributed by atoms with Crippen molar-refractivity contribution in [3.8, 4) is 0 Å². The predicted molar refractivity (Wildman–Crippen MR) is 59.8 cm³/mol. The van der Waals surface area contributed by atoms with Gasteiger partial charge >= 0.3 is 0 Å². The van der Waals surface area contributed by atoms with Gasteiger partial charge in [0.25, 0.3) is 0 Å². The fraction of sp³-hybridized carbons (Fsp3) is 0.545. The number of rotatable bonds is 5. The molecule has 0 amide bonds. The molecule has 0 aliphatic rings. The minimum atomic E-state index is -0.0189. The van der Waals surface area contributed by atoms with Gasteiger partial charge in [-0.15, -0.1) is 0 Å². The van der Waals surface area contributed by atoms with Gasteiger partial charge in [0.15, 0.2) is 0 Å². The molecule has 0 aromatic carbocycles. The van der Waals surface area contributed by atoms with E-state index in [2.05, 4.69) is 4.98 Å². The van der Waals surface area contributed by atoms with Crippen LogP contribution in [0.1, 0.15) is 13.8 Å². The van der Waals surface area contributed by atoms with E-state index < -0.39 is 0 Å². The Bertz CT molecular complexity index is 269. The molecule has 4 heteroatoms. The average Bonchev–Trinajstić information content (AvgIpc) is 2.30. The van der Waals surface area contributed by atoms with Crippen LogP contribution in [0, 0.1) is 0 Å². The molecule has 0 saturated heterocycles. The Hall–Kier alpha value is -1.13. The Kier molecular flexibility index (Phi) is 4.52. The molecule has 1 aromatic rings. The lowest BCUT2D eigenvalue weighted by Gasteiger charge is -2.34. The van der Waals surface area contributed by atoms with Crippen LogP contribution in [-0.4, -0.2) is 40.5 Å². The Morgan fingerprint density at radius 2 is 1.60 bits per heavy atom. The summed E-state index contributed by atoms with van der Waals surface area (Å²) in [6, 6.07) is 3.71. The number of aliphatic hydroxyl groups is 2. The van der Waals surface area contributed by atoms with Crippen LogP contribution in [0.2, 0.25) is 0 Å². The zero-order valence-corrected chi connectivity index (χ0v) is 9.17. The van der Waals surface area contributed by atoms with E-state index in [0.717, 1.165) is 5.69 Å². The van der Waals surface area contributed by atoms with Crippen molar-refractivity contribution >= 4 is 5.69 Å². The molecule has 4 nitrogen and oxygen atoms in total. The molecular weight excluding hydrogens is 192 g/mol. The first-order chi connectivity index (χ1) is 7.20. The second kappa shape index (κ2) is 5.68. The summed E-state index contributed by atoms with van der Waals surface area (Å²) in [5, 5.41) is 18.3. The molecule has 0 aliphatic heterocycles. The molecule has 0 saturated carbocycles. The quantitative estimate of drug-likeness (QED) is 0.749. The maximum absolute atomic E-state index is 9.17. The summed E-state index contributed by atoms with van der Waals surface area (Å²) in [5.74, 6) is 0. The molecular formula is C11H18N2O2. The molecule has 0 bridgehead atoms. The minimum Gasteiger partial charge on any atom is -0.394 e. The fourth-order valence-corrected chi connectivity index (χ4v) is 1.64.